The van der Waals surface area contributed by atoms with E-state index >= 15 is 0 Å². The molecule has 19 heavy (non-hydrogen) atoms. The lowest BCUT2D eigenvalue weighted by atomic mass is 10.1. The summed E-state index contributed by atoms with van der Waals surface area (Å²) in [5, 5.41) is 9.38. The fourth-order valence-corrected chi connectivity index (χ4v) is 2.06. The second-order valence-corrected chi connectivity index (χ2v) is 4.43. The first-order valence-electron chi connectivity index (χ1n) is 6.08. The van der Waals surface area contributed by atoms with Gasteiger partial charge in [0.1, 0.15) is 5.75 Å². The number of likely N-dealkylation sites (tertiary alicyclic amines) is 1. The van der Waals surface area contributed by atoms with Crippen LogP contribution in [-0.2, 0) is 0 Å². The SMILES string of the molecule is O=C(c1cccc(OC(F)F)c1)N1CCC(O)CC1. The maximum atomic E-state index is 12.1. The van der Waals surface area contributed by atoms with E-state index in [1.165, 1.54) is 18.2 Å². The van der Waals surface area contributed by atoms with Gasteiger partial charge >= 0.3 is 6.61 Å². The molecule has 1 aliphatic heterocycles. The van der Waals surface area contributed by atoms with Gasteiger partial charge in [0.25, 0.3) is 5.91 Å². The van der Waals surface area contributed by atoms with E-state index in [4.69, 9.17) is 0 Å². The molecule has 2 rings (SSSR count). The van der Waals surface area contributed by atoms with E-state index in [0.29, 0.717) is 31.5 Å². The summed E-state index contributed by atoms with van der Waals surface area (Å²) in [6.45, 7) is -1.96. The number of ether oxygens (including phenoxy) is 1. The van der Waals surface area contributed by atoms with Crippen LogP contribution in [-0.4, -0.2) is 41.7 Å². The zero-order valence-electron chi connectivity index (χ0n) is 10.3. The Labute approximate surface area is 109 Å². The highest BCUT2D eigenvalue weighted by Crippen LogP contribution is 2.19. The van der Waals surface area contributed by atoms with Crippen LogP contribution in [0, 0.1) is 0 Å². The van der Waals surface area contributed by atoms with Crippen LogP contribution in [0.5, 0.6) is 5.75 Å². The van der Waals surface area contributed by atoms with Gasteiger partial charge in [0.15, 0.2) is 0 Å². The highest BCUT2D eigenvalue weighted by atomic mass is 19.3. The lowest BCUT2D eigenvalue weighted by Gasteiger charge is -2.29. The Morgan fingerprint density at radius 1 is 1.37 bits per heavy atom. The van der Waals surface area contributed by atoms with Crippen LogP contribution >= 0.6 is 0 Å². The summed E-state index contributed by atoms with van der Waals surface area (Å²) in [6.07, 6.45) is 0.718. The smallest absolute Gasteiger partial charge is 0.387 e. The summed E-state index contributed by atoms with van der Waals surface area (Å²) in [5.74, 6) is -0.260. The Morgan fingerprint density at radius 2 is 2.05 bits per heavy atom. The topological polar surface area (TPSA) is 49.8 Å². The number of nitrogens with zero attached hydrogens (tertiary/aromatic N) is 1. The summed E-state index contributed by atoms with van der Waals surface area (Å²) in [7, 11) is 0. The molecular formula is C13H15F2NO3. The molecule has 0 aromatic heterocycles. The average Bonchev–Trinajstić information content (AvgIpc) is 2.38. The van der Waals surface area contributed by atoms with Crippen molar-refractivity contribution in [2.45, 2.75) is 25.6 Å². The summed E-state index contributed by atoms with van der Waals surface area (Å²) in [6, 6.07) is 5.75. The van der Waals surface area contributed by atoms with Crippen molar-refractivity contribution in [3.8, 4) is 5.75 Å². The monoisotopic (exact) mass is 271 g/mol. The van der Waals surface area contributed by atoms with Gasteiger partial charge < -0.3 is 14.7 Å². The average molecular weight is 271 g/mol. The minimum atomic E-state index is -2.91. The van der Waals surface area contributed by atoms with Gasteiger partial charge in [0, 0.05) is 18.7 Å². The van der Waals surface area contributed by atoms with Gasteiger partial charge in [-0.2, -0.15) is 8.78 Å². The number of piperidine rings is 1. The quantitative estimate of drug-likeness (QED) is 0.913. The fourth-order valence-electron chi connectivity index (χ4n) is 2.06. The molecule has 104 valence electrons. The van der Waals surface area contributed by atoms with Gasteiger partial charge in [-0.3, -0.25) is 4.79 Å². The molecule has 1 aliphatic rings. The van der Waals surface area contributed by atoms with Crippen LogP contribution in [0.4, 0.5) is 8.78 Å². The van der Waals surface area contributed by atoms with Gasteiger partial charge in [0.05, 0.1) is 6.10 Å². The largest absolute Gasteiger partial charge is 0.435 e. The third-order valence-electron chi connectivity index (χ3n) is 3.06. The maximum absolute atomic E-state index is 12.1. The van der Waals surface area contributed by atoms with Crippen molar-refractivity contribution >= 4 is 5.91 Å². The number of carbonyl (C=O) groups is 1. The Kier molecular flexibility index (Phi) is 4.31. The van der Waals surface area contributed by atoms with Crippen LogP contribution in [0.2, 0.25) is 0 Å². The number of hydrogen-bond donors (Lipinski definition) is 1. The molecule has 0 saturated carbocycles. The van der Waals surface area contributed by atoms with Crippen molar-refractivity contribution in [3.63, 3.8) is 0 Å². The van der Waals surface area contributed by atoms with Crippen molar-refractivity contribution in [1.82, 2.24) is 4.90 Å². The Hall–Kier alpha value is -1.69. The zero-order chi connectivity index (χ0) is 13.8. The van der Waals surface area contributed by atoms with E-state index in [2.05, 4.69) is 4.74 Å². The van der Waals surface area contributed by atoms with Crippen LogP contribution in [0.1, 0.15) is 23.2 Å². The van der Waals surface area contributed by atoms with Crippen molar-refractivity contribution in [2.24, 2.45) is 0 Å². The number of alkyl halides is 2. The molecule has 4 nitrogen and oxygen atoms in total. The molecule has 0 bridgehead atoms. The van der Waals surface area contributed by atoms with Crippen LogP contribution in [0.25, 0.3) is 0 Å². The van der Waals surface area contributed by atoms with Gasteiger partial charge in [0.2, 0.25) is 0 Å². The summed E-state index contributed by atoms with van der Waals surface area (Å²) in [5.41, 5.74) is 0.314. The molecule has 0 radical (unpaired) electrons. The number of hydrogen-bond acceptors (Lipinski definition) is 3. The lowest BCUT2D eigenvalue weighted by Crippen LogP contribution is -2.40. The standard InChI is InChI=1S/C13H15F2NO3/c14-13(15)19-11-3-1-2-9(8-11)12(18)16-6-4-10(17)5-7-16/h1-3,8,10,13,17H,4-7H2. The molecule has 1 aromatic rings. The van der Waals surface area contributed by atoms with Crippen molar-refractivity contribution in [3.05, 3.63) is 29.8 Å². The number of halogens is 2. The summed E-state index contributed by atoms with van der Waals surface area (Å²) < 4.78 is 28.5. The molecule has 1 N–H and O–H groups in total. The van der Waals surface area contributed by atoms with E-state index in [0.717, 1.165) is 0 Å². The van der Waals surface area contributed by atoms with E-state index in [1.54, 1.807) is 11.0 Å². The minimum Gasteiger partial charge on any atom is -0.435 e. The van der Waals surface area contributed by atoms with Gasteiger partial charge in [-0.1, -0.05) is 6.07 Å². The maximum Gasteiger partial charge on any atom is 0.387 e. The van der Waals surface area contributed by atoms with E-state index in [1.807, 2.05) is 0 Å². The normalized spacial score (nSPS) is 16.7. The Bertz CT molecular complexity index is 445. The van der Waals surface area contributed by atoms with Gasteiger partial charge in [-0.25, -0.2) is 0 Å². The molecule has 1 fully saturated rings. The van der Waals surface area contributed by atoms with Crippen LogP contribution in [0.15, 0.2) is 24.3 Å². The Morgan fingerprint density at radius 3 is 2.68 bits per heavy atom. The number of benzene rings is 1. The highest BCUT2D eigenvalue weighted by Gasteiger charge is 2.22. The molecule has 0 unspecified atom stereocenters. The molecule has 0 aliphatic carbocycles. The number of amides is 1. The second kappa shape index (κ2) is 5.97. The molecule has 0 atom stereocenters. The first kappa shape index (κ1) is 13.7. The zero-order valence-corrected chi connectivity index (χ0v) is 10.3. The fraction of sp³-hybridized carbons (Fsp3) is 0.462. The predicted molar refractivity (Wildman–Crippen MR) is 64.2 cm³/mol. The predicted octanol–water partition coefficient (Wildman–Crippen LogP) is 1.88. The number of rotatable bonds is 3. The highest BCUT2D eigenvalue weighted by molar-refractivity contribution is 5.94. The summed E-state index contributed by atoms with van der Waals surface area (Å²) in [4.78, 5) is 13.8. The molecule has 6 heteroatoms. The van der Waals surface area contributed by atoms with Gasteiger partial charge in [-0.15, -0.1) is 0 Å². The molecule has 0 spiro atoms. The first-order valence-corrected chi connectivity index (χ1v) is 6.08. The van der Waals surface area contributed by atoms with E-state index < -0.39 is 6.61 Å². The second-order valence-electron chi connectivity index (χ2n) is 4.43. The molecule has 1 heterocycles. The van der Waals surface area contributed by atoms with E-state index in [-0.39, 0.29) is 17.8 Å². The van der Waals surface area contributed by atoms with Crippen LogP contribution < -0.4 is 4.74 Å². The Balaban J connectivity index is 2.06. The number of carbonyl (C=O) groups excluding carboxylic acids is 1. The third kappa shape index (κ3) is 3.64. The molecular weight excluding hydrogens is 256 g/mol. The first-order chi connectivity index (χ1) is 9.06. The molecule has 1 saturated heterocycles. The van der Waals surface area contributed by atoms with Crippen molar-refractivity contribution in [2.75, 3.05) is 13.1 Å². The third-order valence-corrected chi connectivity index (χ3v) is 3.06. The van der Waals surface area contributed by atoms with Crippen molar-refractivity contribution < 1.29 is 23.4 Å². The van der Waals surface area contributed by atoms with E-state index in [9.17, 15) is 18.7 Å². The molecule has 1 aromatic carbocycles. The minimum absolute atomic E-state index is 0.0297. The number of aliphatic hydroxyl groups is 1. The molecule has 1 amide bonds. The number of aliphatic hydroxyl groups excluding tert-OH is 1. The lowest BCUT2D eigenvalue weighted by molar-refractivity contribution is -0.0499. The van der Waals surface area contributed by atoms with Gasteiger partial charge in [-0.05, 0) is 31.0 Å². The van der Waals surface area contributed by atoms with Crippen molar-refractivity contribution in [1.29, 1.82) is 0 Å². The summed E-state index contributed by atoms with van der Waals surface area (Å²) >= 11 is 0. The van der Waals surface area contributed by atoms with Crippen LogP contribution in [0.3, 0.4) is 0 Å².